The molecule has 2 aliphatic carbocycles. The third-order valence-electron chi connectivity index (χ3n) is 18.9. The van der Waals surface area contributed by atoms with E-state index in [9.17, 15) is 0 Å². The van der Waals surface area contributed by atoms with Crippen LogP contribution in [-0.4, -0.2) is 9.13 Å². The van der Waals surface area contributed by atoms with Gasteiger partial charge in [-0.3, -0.25) is 0 Å². The Hall–Kier alpha value is -10.2. The second-order valence-electron chi connectivity index (χ2n) is 24.0. The van der Waals surface area contributed by atoms with Gasteiger partial charge in [0.1, 0.15) is 22.3 Å². The van der Waals surface area contributed by atoms with Crippen LogP contribution in [0.25, 0.3) is 154 Å². The molecule has 0 saturated carbocycles. The van der Waals surface area contributed by atoms with Crippen LogP contribution in [0.5, 0.6) is 0 Å². The Morgan fingerprint density at radius 1 is 0.256 bits per heavy atom. The number of hydrogen-bond donors (Lipinski definition) is 0. The van der Waals surface area contributed by atoms with Gasteiger partial charge in [-0.1, -0.05) is 167 Å². The van der Waals surface area contributed by atoms with Crippen molar-refractivity contribution in [1.29, 1.82) is 0 Å². The fraction of sp³-hybridized carbons (Fsp3) is 0.0769. The molecular weight excluding hydrogens is 997 g/mol. The lowest BCUT2D eigenvalue weighted by molar-refractivity contribution is 0.647. The van der Waals surface area contributed by atoms with E-state index in [0.717, 1.165) is 77.5 Å². The quantitative estimate of drug-likeness (QED) is 0.172. The summed E-state index contributed by atoms with van der Waals surface area (Å²) >= 11 is 0. The Balaban J connectivity index is 0.715. The molecule has 2 aliphatic rings. The highest BCUT2D eigenvalue weighted by Crippen LogP contribution is 2.54. The molecule has 0 saturated heterocycles. The summed E-state index contributed by atoms with van der Waals surface area (Å²) < 4.78 is 18.5. The first kappa shape index (κ1) is 45.7. The monoisotopic (exact) mass is 1050 g/mol. The second kappa shape index (κ2) is 16.2. The molecule has 12 aromatic carbocycles. The molecule has 0 bridgehead atoms. The number of aromatic nitrogens is 2. The smallest absolute Gasteiger partial charge is 0.143 e. The fourth-order valence-corrected chi connectivity index (χ4v) is 14.8. The number of hydrogen-bond acceptors (Lipinski definition) is 2. The average Bonchev–Trinajstić information content (AvgIpc) is 4.13. The zero-order valence-electron chi connectivity index (χ0n) is 45.8. The molecule has 0 aliphatic heterocycles. The van der Waals surface area contributed by atoms with Crippen LogP contribution < -0.4 is 0 Å². The molecule has 18 rings (SSSR count). The SMILES string of the molecule is CC1(C)c2ccccc2-c2cc3c(cc21)oc1cc(-c2ccc4c(c2)c2ccc(-c5ccc6c(c5)C(C)(C)c5cc7oc8c(-c9ccc%10c(c9)c9ccccc9n%10-c9ccccc9)cccc8c7cc5-6)cc2n4-c2ccccc2)ccc13. The van der Waals surface area contributed by atoms with Crippen LogP contribution in [0.15, 0.2) is 251 Å². The predicted molar refractivity (Wildman–Crippen MR) is 341 cm³/mol. The topological polar surface area (TPSA) is 36.1 Å². The van der Waals surface area contributed by atoms with Crippen molar-refractivity contribution in [3.8, 4) is 67.0 Å². The molecule has 0 amide bonds. The minimum atomic E-state index is -0.261. The molecule has 4 aromatic heterocycles. The summed E-state index contributed by atoms with van der Waals surface area (Å²) in [6.45, 7) is 9.39. The van der Waals surface area contributed by atoms with Crippen LogP contribution in [0.3, 0.4) is 0 Å². The van der Waals surface area contributed by atoms with E-state index in [-0.39, 0.29) is 10.8 Å². The molecule has 0 spiro atoms. The van der Waals surface area contributed by atoms with Crippen molar-refractivity contribution in [2.24, 2.45) is 0 Å². The molecule has 4 heterocycles. The Morgan fingerprint density at radius 2 is 0.732 bits per heavy atom. The molecule has 82 heavy (non-hydrogen) atoms. The Kier molecular flexibility index (Phi) is 9.05. The lowest BCUT2D eigenvalue weighted by Crippen LogP contribution is -2.15. The molecule has 0 unspecified atom stereocenters. The van der Waals surface area contributed by atoms with E-state index in [1.54, 1.807) is 0 Å². The Morgan fingerprint density at radius 3 is 1.49 bits per heavy atom. The maximum Gasteiger partial charge on any atom is 0.143 e. The van der Waals surface area contributed by atoms with Crippen LogP contribution in [0.1, 0.15) is 49.9 Å². The van der Waals surface area contributed by atoms with E-state index in [4.69, 9.17) is 8.83 Å². The summed E-state index contributed by atoms with van der Waals surface area (Å²) in [5.74, 6) is 0. The van der Waals surface area contributed by atoms with E-state index in [1.807, 2.05) is 0 Å². The summed E-state index contributed by atoms with van der Waals surface area (Å²) in [5, 5.41) is 9.47. The van der Waals surface area contributed by atoms with Gasteiger partial charge in [-0.05, 0) is 175 Å². The van der Waals surface area contributed by atoms with Gasteiger partial charge in [0.2, 0.25) is 0 Å². The van der Waals surface area contributed by atoms with Crippen LogP contribution in [-0.2, 0) is 10.8 Å². The van der Waals surface area contributed by atoms with E-state index >= 15 is 0 Å². The zero-order chi connectivity index (χ0) is 54.3. The van der Waals surface area contributed by atoms with Gasteiger partial charge in [-0.2, -0.15) is 0 Å². The lowest BCUT2D eigenvalue weighted by Gasteiger charge is -2.22. The van der Waals surface area contributed by atoms with Crippen molar-refractivity contribution in [2.45, 2.75) is 38.5 Å². The second-order valence-corrected chi connectivity index (χ2v) is 24.0. The zero-order valence-corrected chi connectivity index (χ0v) is 45.8. The first-order valence-corrected chi connectivity index (χ1v) is 28.6. The van der Waals surface area contributed by atoms with Crippen molar-refractivity contribution in [2.75, 3.05) is 0 Å². The summed E-state index contributed by atoms with van der Waals surface area (Å²) in [7, 11) is 0. The van der Waals surface area contributed by atoms with Gasteiger partial charge >= 0.3 is 0 Å². The molecule has 0 radical (unpaired) electrons. The molecule has 4 nitrogen and oxygen atoms in total. The number of furan rings is 2. The molecule has 4 heteroatoms. The predicted octanol–water partition coefficient (Wildman–Crippen LogP) is 21.3. The van der Waals surface area contributed by atoms with Gasteiger partial charge in [0, 0.05) is 70.9 Å². The third kappa shape index (κ3) is 6.21. The standard InChI is InChI=1S/C78H52N2O2/c1-77(2)65-24-13-11-20-53(65)59-41-63-57-33-28-48(40-73(57)81-74(63)43-67(59)77)45-29-34-71-61(36-45)56-32-27-47(39-72(56)80(71)51-18-9-6-10-19-51)46-26-31-54-60-42-64-58-23-15-22-52(76(58)82-75(64)44-68(60)78(3,4)66(54)38-46)49-30-35-70-62(37-49)55-21-12-14-25-69(55)79(70)50-16-7-5-8-17-50/h5-44H,1-4H3. The number of benzene rings is 12. The summed E-state index contributed by atoms with van der Waals surface area (Å²) in [6, 6.07) is 89.7. The number of rotatable bonds is 5. The number of para-hydroxylation sites is 4. The molecule has 386 valence electrons. The number of nitrogens with zero attached hydrogens (tertiary/aromatic N) is 2. The Labute approximate surface area is 473 Å². The van der Waals surface area contributed by atoms with Crippen molar-refractivity contribution in [3.63, 3.8) is 0 Å². The minimum Gasteiger partial charge on any atom is -0.456 e. The van der Waals surface area contributed by atoms with Crippen molar-refractivity contribution < 1.29 is 8.83 Å². The van der Waals surface area contributed by atoms with Gasteiger partial charge in [-0.15, -0.1) is 0 Å². The van der Waals surface area contributed by atoms with Crippen LogP contribution in [0.2, 0.25) is 0 Å². The lowest BCUT2D eigenvalue weighted by atomic mass is 9.81. The van der Waals surface area contributed by atoms with Crippen molar-refractivity contribution in [1.82, 2.24) is 9.13 Å². The van der Waals surface area contributed by atoms with Gasteiger partial charge in [0.25, 0.3) is 0 Å². The highest BCUT2D eigenvalue weighted by molar-refractivity contribution is 6.16. The number of fused-ring (bicyclic) bond motifs is 18. The normalized spacial score (nSPS) is 14.0. The molecular formula is C78H52N2O2. The van der Waals surface area contributed by atoms with Crippen LogP contribution >= 0.6 is 0 Å². The highest BCUT2D eigenvalue weighted by atomic mass is 16.3. The fourth-order valence-electron chi connectivity index (χ4n) is 14.8. The minimum absolute atomic E-state index is 0.0877. The Bertz CT molecular complexity index is 5450. The van der Waals surface area contributed by atoms with Crippen molar-refractivity contribution in [3.05, 3.63) is 265 Å². The molecule has 0 fully saturated rings. The summed E-state index contributed by atoms with van der Waals surface area (Å²) in [5.41, 5.74) is 27.8. The van der Waals surface area contributed by atoms with E-state index in [2.05, 4.69) is 279 Å². The van der Waals surface area contributed by atoms with E-state index in [0.29, 0.717) is 0 Å². The molecule has 16 aromatic rings. The van der Waals surface area contributed by atoms with Crippen LogP contribution in [0.4, 0.5) is 0 Å². The molecule has 0 atom stereocenters. The first-order valence-electron chi connectivity index (χ1n) is 28.6. The maximum atomic E-state index is 7.01. The van der Waals surface area contributed by atoms with E-state index in [1.165, 1.54) is 99.2 Å². The maximum absolute atomic E-state index is 7.01. The molecule has 0 N–H and O–H groups in total. The van der Waals surface area contributed by atoms with Gasteiger partial charge in [-0.25, -0.2) is 0 Å². The van der Waals surface area contributed by atoms with Gasteiger partial charge in [0.15, 0.2) is 0 Å². The van der Waals surface area contributed by atoms with Gasteiger partial charge < -0.3 is 18.0 Å². The first-order chi connectivity index (χ1) is 40.1. The van der Waals surface area contributed by atoms with Crippen molar-refractivity contribution >= 4 is 87.5 Å². The highest BCUT2D eigenvalue weighted by Gasteiger charge is 2.38. The van der Waals surface area contributed by atoms with E-state index < -0.39 is 0 Å². The summed E-state index contributed by atoms with van der Waals surface area (Å²) in [4.78, 5) is 0. The largest absolute Gasteiger partial charge is 0.456 e. The average molecular weight is 1050 g/mol. The summed E-state index contributed by atoms with van der Waals surface area (Å²) in [6.07, 6.45) is 0. The van der Waals surface area contributed by atoms with Crippen LogP contribution in [0, 0.1) is 0 Å². The van der Waals surface area contributed by atoms with Gasteiger partial charge in [0.05, 0.1) is 22.1 Å². The third-order valence-corrected chi connectivity index (χ3v) is 18.9.